The van der Waals surface area contributed by atoms with E-state index in [-0.39, 0.29) is 11.1 Å². The van der Waals surface area contributed by atoms with E-state index < -0.39 is 34.9 Å². The molecule has 0 aliphatic heterocycles. The molecule has 0 spiro atoms. The van der Waals surface area contributed by atoms with Crippen LogP contribution in [0, 0.1) is 0 Å². The first-order valence-corrected chi connectivity index (χ1v) is 9.00. The van der Waals surface area contributed by atoms with Gasteiger partial charge in [-0.3, -0.25) is 9.36 Å². The molecule has 27 heavy (non-hydrogen) atoms. The number of pyridine rings is 2. The molecule has 2 atom stereocenters. The third kappa shape index (κ3) is 3.92. The van der Waals surface area contributed by atoms with Crippen LogP contribution in [0.15, 0.2) is 46.7 Å². The van der Waals surface area contributed by atoms with Crippen LogP contribution in [0.2, 0.25) is 0 Å². The molecule has 1 aliphatic carbocycles. The van der Waals surface area contributed by atoms with E-state index in [0.717, 1.165) is 0 Å². The smallest absolute Gasteiger partial charge is 0.373 e. The molecule has 9 heteroatoms. The third-order valence-corrected chi connectivity index (χ3v) is 5.25. The normalized spacial score (nSPS) is 20.4. The average molecular weight is 446 g/mol. The Labute approximate surface area is 160 Å². The molecular formula is C18H16BrF4N3O. The highest BCUT2D eigenvalue weighted by molar-refractivity contribution is 9.09. The topological polar surface area (TPSA) is 46.9 Å². The summed E-state index contributed by atoms with van der Waals surface area (Å²) in [5.74, 6) is -0.669. The summed E-state index contributed by atoms with van der Waals surface area (Å²) in [6, 6.07) is 2.93. The molecule has 1 aliphatic rings. The number of halogens is 5. The Morgan fingerprint density at radius 3 is 2.63 bits per heavy atom. The summed E-state index contributed by atoms with van der Waals surface area (Å²) in [6.45, 7) is 0.129. The number of hydrogen-bond donors (Lipinski definition) is 1. The standard InChI is InChI=1S/C18H16BrF4N3O/c1-9-3-11(13(19)5-14(9)20)12-4-10-7-25-16(24-2)6-15(10)26(17(12)27)8-18(21,22)23/h3-7,11,13H,8H2,1-2H3,(H,24,25). The van der Waals surface area contributed by atoms with Crippen molar-refractivity contribution in [3.8, 4) is 0 Å². The average Bonchev–Trinajstić information content (AvgIpc) is 2.59. The maximum absolute atomic E-state index is 13.8. The van der Waals surface area contributed by atoms with Crippen LogP contribution < -0.4 is 10.9 Å². The minimum Gasteiger partial charge on any atom is -0.373 e. The van der Waals surface area contributed by atoms with Crippen molar-refractivity contribution in [3.63, 3.8) is 0 Å². The predicted molar refractivity (Wildman–Crippen MR) is 100 cm³/mol. The zero-order valence-electron chi connectivity index (χ0n) is 14.4. The van der Waals surface area contributed by atoms with Crippen LogP contribution in [0.5, 0.6) is 0 Å². The fraction of sp³-hybridized carbons (Fsp3) is 0.333. The molecule has 2 aromatic rings. The fourth-order valence-corrected chi connectivity index (χ4v) is 3.75. The number of nitrogens with zero attached hydrogens (tertiary/aromatic N) is 2. The Hall–Kier alpha value is -2.16. The van der Waals surface area contributed by atoms with E-state index in [2.05, 4.69) is 26.2 Å². The second kappa shape index (κ2) is 7.10. The lowest BCUT2D eigenvalue weighted by atomic mass is 9.89. The zero-order chi connectivity index (χ0) is 19.9. The van der Waals surface area contributed by atoms with E-state index in [4.69, 9.17) is 0 Å². The quantitative estimate of drug-likeness (QED) is 0.551. The van der Waals surface area contributed by atoms with Crippen LogP contribution in [-0.2, 0) is 6.54 Å². The van der Waals surface area contributed by atoms with Gasteiger partial charge in [0.25, 0.3) is 5.56 Å². The molecule has 2 heterocycles. The lowest BCUT2D eigenvalue weighted by Gasteiger charge is -2.24. The lowest BCUT2D eigenvalue weighted by molar-refractivity contribution is -0.140. The van der Waals surface area contributed by atoms with E-state index in [0.29, 0.717) is 21.3 Å². The molecule has 1 N–H and O–H groups in total. The maximum atomic E-state index is 13.8. The summed E-state index contributed by atoms with van der Waals surface area (Å²) in [7, 11) is 1.58. The Balaban J connectivity index is 2.26. The van der Waals surface area contributed by atoms with Crippen molar-refractivity contribution in [1.29, 1.82) is 0 Å². The van der Waals surface area contributed by atoms with Crippen LogP contribution in [0.25, 0.3) is 10.9 Å². The van der Waals surface area contributed by atoms with Crippen molar-refractivity contribution >= 4 is 32.7 Å². The molecule has 0 aromatic carbocycles. The van der Waals surface area contributed by atoms with Gasteiger partial charge in [-0.1, -0.05) is 22.0 Å². The zero-order valence-corrected chi connectivity index (χ0v) is 16.0. The Morgan fingerprint density at radius 2 is 2.00 bits per heavy atom. The molecule has 4 nitrogen and oxygen atoms in total. The van der Waals surface area contributed by atoms with Gasteiger partial charge in [-0.15, -0.1) is 0 Å². The van der Waals surface area contributed by atoms with Crippen molar-refractivity contribution < 1.29 is 17.6 Å². The van der Waals surface area contributed by atoms with Crippen LogP contribution >= 0.6 is 15.9 Å². The Bertz CT molecular complexity index is 1010. The van der Waals surface area contributed by atoms with Crippen LogP contribution in [-0.4, -0.2) is 27.6 Å². The maximum Gasteiger partial charge on any atom is 0.406 e. The molecule has 0 amide bonds. The largest absolute Gasteiger partial charge is 0.406 e. The molecule has 0 radical (unpaired) electrons. The van der Waals surface area contributed by atoms with Crippen LogP contribution in [0.1, 0.15) is 18.4 Å². The van der Waals surface area contributed by atoms with Gasteiger partial charge in [0, 0.05) is 41.0 Å². The van der Waals surface area contributed by atoms with Gasteiger partial charge in [0.2, 0.25) is 0 Å². The van der Waals surface area contributed by atoms with Crippen molar-refractivity contribution in [1.82, 2.24) is 9.55 Å². The summed E-state index contributed by atoms with van der Waals surface area (Å²) >= 11 is 3.31. The van der Waals surface area contributed by atoms with Gasteiger partial charge in [-0.05, 0) is 24.6 Å². The molecule has 2 aromatic heterocycles. The summed E-state index contributed by atoms with van der Waals surface area (Å²) in [6.07, 6.45) is -0.308. The number of aromatic nitrogens is 2. The van der Waals surface area contributed by atoms with Gasteiger partial charge in [0.1, 0.15) is 18.2 Å². The van der Waals surface area contributed by atoms with Crippen molar-refractivity contribution in [2.75, 3.05) is 12.4 Å². The minimum absolute atomic E-state index is 0.129. The number of alkyl halides is 4. The molecule has 0 fully saturated rings. The van der Waals surface area contributed by atoms with Gasteiger partial charge in [-0.25, -0.2) is 9.37 Å². The second-order valence-electron chi connectivity index (χ2n) is 6.32. The van der Waals surface area contributed by atoms with Crippen molar-refractivity contribution in [2.45, 2.75) is 30.4 Å². The fourth-order valence-electron chi connectivity index (χ4n) is 3.08. The number of rotatable bonds is 3. The summed E-state index contributed by atoms with van der Waals surface area (Å²) < 4.78 is 53.8. The van der Waals surface area contributed by atoms with Crippen LogP contribution in [0.4, 0.5) is 23.4 Å². The molecule has 0 saturated heterocycles. The molecule has 144 valence electrons. The number of fused-ring (bicyclic) bond motifs is 1. The number of allylic oxidation sites excluding steroid dienone is 4. The minimum atomic E-state index is -4.57. The SMILES string of the molecule is CNc1cc2c(cn1)cc(C1C=C(C)C(F)=CC1Br)c(=O)n2CC(F)(F)F. The number of anilines is 1. The van der Waals surface area contributed by atoms with Gasteiger partial charge >= 0.3 is 6.18 Å². The first-order chi connectivity index (χ1) is 12.6. The Kier molecular flexibility index (Phi) is 5.16. The predicted octanol–water partition coefficient (Wildman–Crippen LogP) is 4.66. The van der Waals surface area contributed by atoms with Crippen molar-refractivity contribution in [3.05, 3.63) is 57.8 Å². The van der Waals surface area contributed by atoms with Crippen LogP contribution in [0.3, 0.4) is 0 Å². The third-order valence-electron chi connectivity index (χ3n) is 4.41. The van der Waals surface area contributed by atoms with Gasteiger partial charge in [-0.2, -0.15) is 13.2 Å². The molecule has 0 bridgehead atoms. The van der Waals surface area contributed by atoms with Crippen molar-refractivity contribution in [2.24, 2.45) is 0 Å². The van der Waals surface area contributed by atoms with E-state index in [1.165, 1.54) is 24.4 Å². The second-order valence-corrected chi connectivity index (χ2v) is 7.38. The van der Waals surface area contributed by atoms with E-state index in [1.54, 1.807) is 20.0 Å². The molecule has 3 rings (SSSR count). The van der Waals surface area contributed by atoms with E-state index in [9.17, 15) is 22.4 Å². The summed E-state index contributed by atoms with van der Waals surface area (Å²) in [5.41, 5.74) is -0.149. The monoisotopic (exact) mass is 445 g/mol. The molecule has 0 saturated carbocycles. The lowest BCUT2D eigenvalue weighted by Crippen LogP contribution is -2.33. The summed E-state index contributed by atoms with van der Waals surface area (Å²) in [4.78, 5) is 16.5. The summed E-state index contributed by atoms with van der Waals surface area (Å²) in [5, 5.41) is 3.15. The first-order valence-electron chi connectivity index (χ1n) is 8.09. The van der Waals surface area contributed by atoms with E-state index in [1.807, 2.05) is 0 Å². The van der Waals surface area contributed by atoms with Gasteiger partial charge in [0.05, 0.1) is 5.52 Å². The highest BCUT2D eigenvalue weighted by Gasteiger charge is 2.32. The highest BCUT2D eigenvalue weighted by Crippen LogP contribution is 2.35. The highest BCUT2D eigenvalue weighted by atomic mass is 79.9. The van der Waals surface area contributed by atoms with Gasteiger partial charge in [0.15, 0.2) is 0 Å². The number of hydrogen-bond acceptors (Lipinski definition) is 3. The molecular weight excluding hydrogens is 430 g/mol. The Morgan fingerprint density at radius 1 is 1.30 bits per heavy atom. The first kappa shape index (κ1) is 19.6. The van der Waals surface area contributed by atoms with Gasteiger partial charge < -0.3 is 5.32 Å². The molecule has 2 unspecified atom stereocenters. The number of nitrogens with one attached hydrogen (secondary N) is 1. The van der Waals surface area contributed by atoms with E-state index >= 15 is 0 Å².